The minimum atomic E-state index is -0.384. The number of hydrogen-bond donors (Lipinski definition) is 1. The van der Waals surface area contributed by atoms with Gasteiger partial charge >= 0.3 is 0 Å². The summed E-state index contributed by atoms with van der Waals surface area (Å²) in [5.74, 6) is -0.302. The van der Waals surface area contributed by atoms with Crippen LogP contribution in [0.3, 0.4) is 0 Å². The van der Waals surface area contributed by atoms with E-state index < -0.39 is 0 Å². The first-order valence-electron chi connectivity index (χ1n) is 9.75. The molecule has 3 heterocycles. The number of nitrogens with one attached hydrogen (secondary N) is 1. The van der Waals surface area contributed by atoms with Crippen LogP contribution in [-0.4, -0.2) is 20.4 Å². The van der Waals surface area contributed by atoms with Gasteiger partial charge in [-0.25, -0.2) is 9.97 Å². The highest BCUT2D eigenvalue weighted by molar-refractivity contribution is 6.00. The van der Waals surface area contributed by atoms with Crippen LogP contribution in [0.4, 0.5) is 5.69 Å². The van der Waals surface area contributed by atoms with Gasteiger partial charge in [0.05, 0.1) is 11.7 Å². The molecular weight excluding hydrogens is 368 g/mol. The molecule has 29 heavy (non-hydrogen) atoms. The molecule has 0 atom stereocenters. The molecule has 1 aromatic carbocycles. The Labute approximate surface area is 166 Å². The van der Waals surface area contributed by atoms with Crippen LogP contribution in [0.15, 0.2) is 45.9 Å². The Morgan fingerprint density at radius 3 is 2.97 bits per heavy atom. The lowest BCUT2D eigenvalue weighted by Gasteiger charge is -2.13. The molecule has 1 aliphatic carbocycles. The van der Waals surface area contributed by atoms with E-state index >= 15 is 0 Å². The molecule has 0 saturated carbocycles. The molecule has 0 fully saturated rings. The van der Waals surface area contributed by atoms with Gasteiger partial charge in [-0.05, 0) is 61.9 Å². The van der Waals surface area contributed by atoms with Crippen molar-refractivity contribution in [2.75, 3.05) is 5.32 Å². The number of hydrogen-bond acceptors (Lipinski definition) is 5. The average Bonchev–Trinajstić information content (AvgIpc) is 3.06. The van der Waals surface area contributed by atoms with Crippen molar-refractivity contribution in [2.45, 2.75) is 39.2 Å². The number of fused-ring (bicyclic) bond motifs is 4. The predicted molar refractivity (Wildman–Crippen MR) is 110 cm³/mol. The number of furan rings is 1. The fourth-order valence-corrected chi connectivity index (χ4v) is 3.90. The second kappa shape index (κ2) is 6.84. The summed E-state index contributed by atoms with van der Waals surface area (Å²) in [5.41, 5.74) is 4.67. The summed E-state index contributed by atoms with van der Waals surface area (Å²) in [6.45, 7) is 1.81. The summed E-state index contributed by atoms with van der Waals surface area (Å²) in [4.78, 5) is 34.3. The number of pyridine rings is 1. The van der Waals surface area contributed by atoms with Gasteiger partial charge in [0.2, 0.25) is 17.2 Å². The van der Waals surface area contributed by atoms with Crippen molar-refractivity contribution in [2.24, 2.45) is 0 Å². The molecule has 0 unspecified atom stereocenters. The lowest BCUT2D eigenvalue weighted by molar-refractivity contribution is -0.116. The van der Waals surface area contributed by atoms with Gasteiger partial charge in [-0.3, -0.25) is 14.2 Å². The van der Waals surface area contributed by atoms with E-state index in [1.165, 1.54) is 16.5 Å². The predicted octanol–water partition coefficient (Wildman–Crippen LogP) is 3.36. The van der Waals surface area contributed by atoms with Crippen LogP contribution in [0.5, 0.6) is 0 Å². The second-order valence-electron chi connectivity index (χ2n) is 7.53. The van der Waals surface area contributed by atoms with Gasteiger partial charge in [-0.15, -0.1) is 0 Å². The molecule has 0 bridgehead atoms. The molecule has 7 nitrogen and oxygen atoms in total. The zero-order valence-electron chi connectivity index (χ0n) is 16.1. The summed E-state index contributed by atoms with van der Waals surface area (Å²) < 4.78 is 7.03. The van der Waals surface area contributed by atoms with E-state index in [-0.39, 0.29) is 23.6 Å². The number of carbonyl (C=O) groups is 1. The van der Waals surface area contributed by atoms with Gasteiger partial charge in [0.1, 0.15) is 12.1 Å². The lowest BCUT2D eigenvalue weighted by Crippen LogP contribution is -2.27. The van der Waals surface area contributed by atoms with Gasteiger partial charge < -0.3 is 9.73 Å². The van der Waals surface area contributed by atoms with E-state index in [0.29, 0.717) is 16.9 Å². The molecule has 1 N–H and O–H groups in total. The molecule has 3 aromatic heterocycles. The van der Waals surface area contributed by atoms with E-state index in [4.69, 9.17) is 4.42 Å². The molecule has 0 radical (unpaired) electrons. The number of benzene rings is 1. The fraction of sp³-hybridized carbons (Fsp3) is 0.273. The van der Waals surface area contributed by atoms with Gasteiger partial charge in [0.15, 0.2) is 0 Å². The number of nitrogens with zero attached hydrogens (tertiary/aromatic N) is 3. The van der Waals surface area contributed by atoms with Crippen LogP contribution >= 0.6 is 0 Å². The Morgan fingerprint density at radius 2 is 2.10 bits per heavy atom. The monoisotopic (exact) mass is 388 g/mol. The van der Waals surface area contributed by atoms with E-state index in [2.05, 4.69) is 15.3 Å². The van der Waals surface area contributed by atoms with Crippen LogP contribution in [0, 0.1) is 6.92 Å². The molecule has 0 aliphatic heterocycles. The van der Waals surface area contributed by atoms with Gasteiger partial charge in [-0.2, -0.15) is 0 Å². The van der Waals surface area contributed by atoms with Crippen molar-refractivity contribution in [3.05, 3.63) is 63.8 Å². The summed E-state index contributed by atoms with van der Waals surface area (Å²) in [6.07, 6.45) is 5.58. The molecule has 5 rings (SSSR count). The van der Waals surface area contributed by atoms with Gasteiger partial charge in [0.25, 0.3) is 5.56 Å². The molecule has 1 aliphatic rings. The average molecular weight is 388 g/mol. The van der Waals surface area contributed by atoms with Crippen molar-refractivity contribution in [1.29, 1.82) is 0 Å². The zero-order chi connectivity index (χ0) is 20.0. The Balaban J connectivity index is 1.49. The SMILES string of the molecule is Cc1cccc(NC(=O)Cn2cnc3c(oc4nc5c(cc43)CCCC5)c2=O)c1. The van der Waals surface area contributed by atoms with Crippen LogP contribution in [0.25, 0.3) is 22.2 Å². The number of anilines is 1. The van der Waals surface area contributed by atoms with Gasteiger partial charge in [0, 0.05) is 11.4 Å². The second-order valence-corrected chi connectivity index (χ2v) is 7.53. The summed E-state index contributed by atoms with van der Waals surface area (Å²) in [6, 6.07) is 9.54. The van der Waals surface area contributed by atoms with Crippen molar-refractivity contribution >= 4 is 33.8 Å². The first kappa shape index (κ1) is 17.6. The van der Waals surface area contributed by atoms with Crippen molar-refractivity contribution in [3.8, 4) is 0 Å². The minimum Gasteiger partial charge on any atom is -0.430 e. The highest BCUT2D eigenvalue weighted by Gasteiger charge is 2.19. The summed E-state index contributed by atoms with van der Waals surface area (Å²) in [7, 11) is 0. The highest BCUT2D eigenvalue weighted by atomic mass is 16.3. The maximum atomic E-state index is 12.9. The van der Waals surface area contributed by atoms with Crippen LogP contribution in [0.1, 0.15) is 29.7 Å². The normalized spacial score (nSPS) is 13.6. The van der Waals surface area contributed by atoms with Crippen molar-refractivity contribution in [1.82, 2.24) is 14.5 Å². The molecule has 4 aromatic rings. The highest BCUT2D eigenvalue weighted by Crippen LogP contribution is 2.29. The maximum Gasteiger partial charge on any atom is 0.297 e. The van der Waals surface area contributed by atoms with E-state index in [0.717, 1.165) is 42.3 Å². The molecule has 0 saturated heterocycles. The van der Waals surface area contributed by atoms with Crippen LogP contribution < -0.4 is 10.9 Å². The number of amides is 1. The Bertz CT molecular complexity index is 1320. The third-order valence-corrected chi connectivity index (χ3v) is 5.33. The molecule has 1 amide bonds. The van der Waals surface area contributed by atoms with Crippen LogP contribution in [0.2, 0.25) is 0 Å². The largest absolute Gasteiger partial charge is 0.430 e. The maximum absolute atomic E-state index is 12.9. The lowest BCUT2D eigenvalue weighted by atomic mass is 9.95. The fourth-order valence-electron chi connectivity index (χ4n) is 3.90. The number of carbonyl (C=O) groups excluding carboxylic acids is 1. The minimum absolute atomic E-state index is 0.140. The quantitative estimate of drug-likeness (QED) is 0.581. The number of aryl methyl sites for hydroxylation is 3. The Kier molecular flexibility index (Phi) is 4.16. The van der Waals surface area contributed by atoms with Crippen LogP contribution in [-0.2, 0) is 24.2 Å². The van der Waals surface area contributed by atoms with E-state index in [9.17, 15) is 9.59 Å². The van der Waals surface area contributed by atoms with Gasteiger partial charge in [-0.1, -0.05) is 12.1 Å². The van der Waals surface area contributed by atoms with Crippen molar-refractivity contribution in [3.63, 3.8) is 0 Å². The summed E-state index contributed by atoms with van der Waals surface area (Å²) in [5, 5.41) is 3.56. The number of rotatable bonds is 3. The molecule has 146 valence electrons. The topological polar surface area (TPSA) is 90.0 Å². The first-order chi connectivity index (χ1) is 14.1. The smallest absolute Gasteiger partial charge is 0.297 e. The third kappa shape index (κ3) is 3.18. The molecule has 0 spiro atoms. The number of aromatic nitrogens is 3. The standard InChI is InChI=1S/C22H20N4O3/c1-13-5-4-7-15(9-13)24-18(27)11-26-12-23-19-16-10-14-6-2-3-8-17(14)25-21(16)29-20(19)22(26)28/h4-5,7,9-10,12H,2-3,6,8,11H2,1H3,(H,24,27). The van der Waals surface area contributed by atoms with E-state index in [1.807, 2.05) is 37.3 Å². The molecular formula is C22H20N4O3. The Hall–Kier alpha value is -3.48. The zero-order valence-corrected chi connectivity index (χ0v) is 16.1. The Morgan fingerprint density at radius 1 is 1.24 bits per heavy atom. The summed E-state index contributed by atoms with van der Waals surface area (Å²) >= 11 is 0. The molecule has 7 heteroatoms. The first-order valence-corrected chi connectivity index (χ1v) is 9.75. The van der Waals surface area contributed by atoms with E-state index in [1.54, 1.807) is 0 Å². The third-order valence-electron chi connectivity index (χ3n) is 5.33. The van der Waals surface area contributed by atoms with Crippen molar-refractivity contribution < 1.29 is 9.21 Å².